The number of H-pyrrole nitrogens is 1. The van der Waals surface area contributed by atoms with Gasteiger partial charge in [0, 0.05) is 17.4 Å². The first-order chi connectivity index (χ1) is 15.0. The fourth-order valence-electron chi connectivity index (χ4n) is 4.19. The first-order valence-electron chi connectivity index (χ1n) is 10.5. The van der Waals surface area contributed by atoms with Gasteiger partial charge in [0.25, 0.3) is 5.56 Å². The Hall–Kier alpha value is -3.07. The van der Waals surface area contributed by atoms with Gasteiger partial charge >= 0.3 is 5.69 Å². The molecule has 5 rings (SSSR count). The molecule has 0 saturated heterocycles. The topological polar surface area (TPSA) is 116 Å². The molecule has 1 saturated carbocycles. The number of nitrogens with zero attached hydrogens (tertiary/aromatic N) is 3. The van der Waals surface area contributed by atoms with E-state index in [4.69, 9.17) is 10.7 Å². The lowest BCUT2D eigenvalue weighted by Crippen LogP contribution is -2.36. The van der Waals surface area contributed by atoms with Crippen molar-refractivity contribution in [3.63, 3.8) is 0 Å². The molecule has 9 heteroatoms. The molecule has 2 heterocycles. The fourth-order valence-corrected chi connectivity index (χ4v) is 5.11. The molecule has 160 valence electrons. The molecule has 31 heavy (non-hydrogen) atoms. The normalized spacial score (nSPS) is 15.6. The fraction of sp³-hybridized carbons (Fsp3) is 0.364. The van der Waals surface area contributed by atoms with Crippen LogP contribution in [-0.4, -0.2) is 30.6 Å². The van der Waals surface area contributed by atoms with Crippen LogP contribution in [0.2, 0.25) is 0 Å². The number of nitrogens with two attached hydrogens (primary N) is 1. The molecule has 2 aliphatic carbocycles. The van der Waals surface area contributed by atoms with Crippen molar-refractivity contribution in [2.45, 2.75) is 49.7 Å². The number of imidazole rings is 1. The zero-order valence-electron chi connectivity index (χ0n) is 17.0. The van der Waals surface area contributed by atoms with Gasteiger partial charge in [0.2, 0.25) is 0 Å². The van der Waals surface area contributed by atoms with E-state index in [0.29, 0.717) is 0 Å². The monoisotopic (exact) mass is 437 g/mol. The Kier molecular flexibility index (Phi) is 5.05. The van der Waals surface area contributed by atoms with Gasteiger partial charge in [-0.25, -0.2) is 9.78 Å². The van der Waals surface area contributed by atoms with Gasteiger partial charge in [-0.1, -0.05) is 30.0 Å². The third kappa shape index (κ3) is 3.63. The minimum atomic E-state index is -0.726. The molecule has 0 unspecified atom stereocenters. The minimum Gasteiger partial charge on any atom is -0.384 e. The number of nitrogen functional groups attached to an aromatic ring is 1. The lowest BCUT2D eigenvalue weighted by atomic mass is 10.0. The molecule has 3 aromatic rings. The van der Waals surface area contributed by atoms with Gasteiger partial charge in [0.05, 0.1) is 11.4 Å². The summed E-state index contributed by atoms with van der Waals surface area (Å²) in [6.07, 6.45) is 5.73. The molecular weight excluding hydrogens is 414 g/mol. The Morgan fingerprint density at radius 1 is 1.16 bits per heavy atom. The van der Waals surface area contributed by atoms with Crippen molar-refractivity contribution in [2.24, 2.45) is 0 Å². The zero-order valence-corrected chi connectivity index (χ0v) is 17.8. The summed E-state index contributed by atoms with van der Waals surface area (Å²) in [5.74, 6) is -0.426. The molecular formula is C22H23N5O3S. The van der Waals surface area contributed by atoms with Gasteiger partial charge in [-0.15, -0.1) is 0 Å². The largest absolute Gasteiger partial charge is 0.384 e. The van der Waals surface area contributed by atoms with Gasteiger partial charge < -0.3 is 5.73 Å². The van der Waals surface area contributed by atoms with Crippen molar-refractivity contribution >= 4 is 23.4 Å². The summed E-state index contributed by atoms with van der Waals surface area (Å²) in [5, 5.41) is 0.733. The second-order valence-electron chi connectivity index (χ2n) is 8.00. The number of rotatable bonds is 6. The summed E-state index contributed by atoms with van der Waals surface area (Å²) in [7, 11) is 0. The van der Waals surface area contributed by atoms with Gasteiger partial charge in [-0.05, 0) is 50.7 Å². The highest BCUT2D eigenvalue weighted by molar-refractivity contribution is 7.99. The first-order valence-corrected chi connectivity index (χ1v) is 11.5. The summed E-state index contributed by atoms with van der Waals surface area (Å²) < 4.78 is 3.45. The van der Waals surface area contributed by atoms with E-state index in [1.54, 1.807) is 0 Å². The maximum atomic E-state index is 13.0. The predicted molar refractivity (Wildman–Crippen MR) is 119 cm³/mol. The van der Waals surface area contributed by atoms with E-state index in [9.17, 15) is 14.4 Å². The number of carbonyl (C=O) groups excluding carboxylic acids is 1. The highest BCUT2D eigenvalue weighted by atomic mass is 32.2. The molecule has 2 aliphatic rings. The molecule has 2 aromatic heterocycles. The SMILES string of the molecule is Nc1c(C(=O)CSc2nc3c(n2-c2ccccc2)CCCC3)c(=O)[nH]c(=O)n1C1CC1. The zero-order chi connectivity index (χ0) is 21.5. The summed E-state index contributed by atoms with van der Waals surface area (Å²) in [6, 6.07) is 9.93. The molecule has 0 spiro atoms. The summed E-state index contributed by atoms with van der Waals surface area (Å²) in [6.45, 7) is 0. The Balaban J connectivity index is 1.47. The van der Waals surface area contributed by atoms with Crippen molar-refractivity contribution in [2.75, 3.05) is 11.5 Å². The predicted octanol–water partition coefficient (Wildman–Crippen LogP) is 2.49. The number of benzene rings is 1. The van der Waals surface area contributed by atoms with Crippen LogP contribution in [0.3, 0.4) is 0 Å². The number of fused-ring (bicyclic) bond motifs is 1. The molecule has 0 radical (unpaired) electrons. The average Bonchev–Trinajstić information content (AvgIpc) is 3.51. The Morgan fingerprint density at radius 3 is 2.65 bits per heavy atom. The second-order valence-corrected chi connectivity index (χ2v) is 8.94. The van der Waals surface area contributed by atoms with E-state index in [-0.39, 0.29) is 23.2 Å². The lowest BCUT2D eigenvalue weighted by molar-refractivity contribution is 0.102. The number of Topliss-reactive ketones (excluding diaryl/α,β-unsaturated/α-hetero) is 1. The van der Waals surface area contributed by atoms with Crippen LogP contribution in [0.15, 0.2) is 45.1 Å². The summed E-state index contributed by atoms with van der Waals surface area (Å²) >= 11 is 1.30. The molecule has 0 amide bonds. The number of aromatic nitrogens is 4. The van der Waals surface area contributed by atoms with Crippen molar-refractivity contribution < 1.29 is 4.79 Å². The van der Waals surface area contributed by atoms with Crippen LogP contribution in [-0.2, 0) is 12.8 Å². The number of hydrogen-bond acceptors (Lipinski definition) is 6. The number of para-hydroxylation sites is 1. The number of aryl methyl sites for hydroxylation is 1. The summed E-state index contributed by atoms with van der Waals surface area (Å²) in [4.78, 5) is 44.5. The van der Waals surface area contributed by atoms with Gasteiger partial charge in [-0.3, -0.25) is 23.7 Å². The van der Waals surface area contributed by atoms with Crippen molar-refractivity contribution in [3.8, 4) is 5.69 Å². The van der Waals surface area contributed by atoms with Crippen LogP contribution in [0.4, 0.5) is 5.82 Å². The second kappa shape index (κ2) is 7.88. The Morgan fingerprint density at radius 2 is 1.90 bits per heavy atom. The van der Waals surface area contributed by atoms with Gasteiger partial charge in [-0.2, -0.15) is 0 Å². The Labute approximate surface area is 182 Å². The van der Waals surface area contributed by atoms with E-state index in [0.717, 1.165) is 55.1 Å². The molecule has 3 N–H and O–H groups in total. The summed E-state index contributed by atoms with van der Waals surface area (Å²) in [5.41, 5.74) is 7.94. The number of thioether (sulfide) groups is 1. The first kappa shape index (κ1) is 19.9. The molecule has 1 aromatic carbocycles. The standard InChI is InChI=1S/C22H23N5O3S/c23-19-18(20(29)25-21(30)27(19)14-10-11-14)17(28)12-31-22-24-15-8-4-5-9-16(15)26(22)13-6-2-1-3-7-13/h1-3,6-7,14H,4-5,8-12,23H2,(H,25,29,30). The van der Waals surface area contributed by atoms with Crippen LogP contribution in [0, 0.1) is 0 Å². The third-order valence-corrected chi connectivity index (χ3v) is 6.76. The van der Waals surface area contributed by atoms with Crippen molar-refractivity contribution in [1.82, 2.24) is 19.1 Å². The lowest BCUT2D eigenvalue weighted by Gasteiger charge is -2.15. The number of ketones is 1. The van der Waals surface area contributed by atoms with Gasteiger partial charge in [0.15, 0.2) is 10.9 Å². The van der Waals surface area contributed by atoms with Crippen LogP contribution in [0.25, 0.3) is 5.69 Å². The molecule has 0 aliphatic heterocycles. The maximum Gasteiger partial charge on any atom is 0.330 e. The maximum absolute atomic E-state index is 13.0. The van der Waals surface area contributed by atoms with Crippen LogP contribution in [0.1, 0.15) is 53.5 Å². The van der Waals surface area contributed by atoms with Crippen molar-refractivity contribution in [1.29, 1.82) is 0 Å². The number of hydrogen-bond donors (Lipinski definition) is 2. The molecule has 0 bridgehead atoms. The van der Waals surface area contributed by atoms with E-state index in [1.807, 2.05) is 30.3 Å². The van der Waals surface area contributed by atoms with E-state index >= 15 is 0 Å². The smallest absolute Gasteiger partial charge is 0.330 e. The number of carbonyl (C=O) groups is 1. The molecule has 0 atom stereocenters. The van der Waals surface area contributed by atoms with E-state index in [1.165, 1.54) is 22.0 Å². The van der Waals surface area contributed by atoms with Crippen LogP contribution < -0.4 is 17.0 Å². The quantitative estimate of drug-likeness (QED) is 0.452. The van der Waals surface area contributed by atoms with Crippen molar-refractivity contribution in [3.05, 3.63) is 68.1 Å². The highest BCUT2D eigenvalue weighted by Crippen LogP contribution is 2.35. The number of nitrogens with one attached hydrogen (secondary N) is 1. The number of aromatic amines is 1. The van der Waals surface area contributed by atoms with Crippen LogP contribution in [0.5, 0.6) is 0 Å². The average molecular weight is 438 g/mol. The number of anilines is 1. The van der Waals surface area contributed by atoms with E-state index in [2.05, 4.69) is 9.55 Å². The molecule has 8 nitrogen and oxygen atoms in total. The Bertz CT molecular complexity index is 1270. The van der Waals surface area contributed by atoms with Gasteiger partial charge in [0.1, 0.15) is 11.4 Å². The minimum absolute atomic E-state index is 0.0128. The third-order valence-electron chi connectivity index (χ3n) is 5.82. The van der Waals surface area contributed by atoms with E-state index < -0.39 is 17.0 Å². The highest BCUT2D eigenvalue weighted by Gasteiger charge is 2.30. The molecule has 1 fully saturated rings. The van der Waals surface area contributed by atoms with Crippen LogP contribution >= 0.6 is 11.8 Å².